The molecule has 9 heteroatoms. The highest BCUT2D eigenvalue weighted by molar-refractivity contribution is 5.93. The lowest BCUT2D eigenvalue weighted by molar-refractivity contribution is -0.142. The van der Waals surface area contributed by atoms with Gasteiger partial charge in [-0.05, 0) is 57.8 Å². The first kappa shape index (κ1) is 24.5. The number of fused-ring (bicyclic) bond motifs is 1. The number of likely N-dealkylation sites (tertiary alicyclic amines) is 1. The molecule has 3 rings (SSSR count). The third-order valence-corrected chi connectivity index (χ3v) is 7.78. The van der Waals surface area contributed by atoms with Gasteiger partial charge in [0.05, 0.1) is 6.54 Å². The van der Waals surface area contributed by atoms with E-state index in [1.54, 1.807) is 4.90 Å². The molecule has 2 heterocycles. The lowest BCUT2D eigenvalue weighted by Gasteiger charge is -2.35. The van der Waals surface area contributed by atoms with Crippen LogP contribution < -0.4 is 16.4 Å². The standard InChI is InChI=1S/C23H39N5O4/c1-12(2)27(13(3)4)11-17(29)28-10-15-18(23(15,5)6)19(28)22(32)26-16(20(24)30)9-14-7-8-25-21(14)31/h12-16,18-19H,7-11H2,1-6H3,(H2,24,30)(H,25,31)(H,26,32)/t14?,15-,16?,18-,19-/m0/s1. The van der Waals surface area contributed by atoms with Crippen LogP contribution in [0.1, 0.15) is 54.4 Å². The van der Waals surface area contributed by atoms with E-state index in [4.69, 9.17) is 5.73 Å². The lowest BCUT2D eigenvalue weighted by atomic mass is 9.96. The number of carbonyl (C=O) groups is 4. The monoisotopic (exact) mass is 449 g/mol. The van der Waals surface area contributed by atoms with Crippen LogP contribution in [0.4, 0.5) is 0 Å². The summed E-state index contributed by atoms with van der Waals surface area (Å²) in [7, 11) is 0. The number of nitrogens with two attached hydrogens (primary N) is 1. The van der Waals surface area contributed by atoms with Crippen molar-refractivity contribution in [2.24, 2.45) is 28.9 Å². The summed E-state index contributed by atoms with van der Waals surface area (Å²) in [6.07, 6.45) is 0.796. The fraction of sp³-hybridized carbons (Fsp3) is 0.826. The van der Waals surface area contributed by atoms with Crippen molar-refractivity contribution >= 4 is 23.6 Å². The number of amides is 4. The number of hydrogen-bond acceptors (Lipinski definition) is 5. The van der Waals surface area contributed by atoms with Crippen LogP contribution in [0.3, 0.4) is 0 Å². The predicted molar refractivity (Wildman–Crippen MR) is 120 cm³/mol. The average Bonchev–Trinajstić information content (AvgIpc) is 3.06. The van der Waals surface area contributed by atoms with Crippen LogP contribution in [0.2, 0.25) is 0 Å². The summed E-state index contributed by atoms with van der Waals surface area (Å²) < 4.78 is 0. The number of carbonyl (C=O) groups excluding carboxylic acids is 4. The normalized spacial score (nSPS) is 29.3. The Kier molecular flexibility index (Phi) is 6.88. The molecule has 32 heavy (non-hydrogen) atoms. The number of primary amides is 1. The van der Waals surface area contributed by atoms with Gasteiger partial charge < -0.3 is 21.3 Å². The first-order valence-corrected chi connectivity index (χ1v) is 11.8. The average molecular weight is 450 g/mol. The van der Waals surface area contributed by atoms with Crippen LogP contribution in [-0.2, 0) is 19.2 Å². The second-order valence-corrected chi connectivity index (χ2v) is 10.8. The highest BCUT2D eigenvalue weighted by Gasteiger charge is 2.69. The van der Waals surface area contributed by atoms with Gasteiger partial charge in [-0.2, -0.15) is 0 Å². The Hall–Kier alpha value is -2.16. The molecule has 4 amide bonds. The maximum Gasteiger partial charge on any atom is 0.243 e. The van der Waals surface area contributed by atoms with E-state index in [2.05, 4.69) is 57.1 Å². The van der Waals surface area contributed by atoms with Gasteiger partial charge in [0.25, 0.3) is 0 Å². The molecule has 0 spiro atoms. The molecule has 2 aliphatic heterocycles. The van der Waals surface area contributed by atoms with E-state index >= 15 is 0 Å². The van der Waals surface area contributed by atoms with E-state index in [0.717, 1.165) is 0 Å². The molecule has 5 atom stereocenters. The van der Waals surface area contributed by atoms with Gasteiger partial charge in [0.15, 0.2) is 0 Å². The van der Waals surface area contributed by atoms with Crippen molar-refractivity contribution in [2.45, 2.75) is 78.6 Å². The highest BCUT2D eigenvalue weighted by Crippen LogP contribution is 2.64. The number of hydrogen-bond donors (Lipinski definition) is 3. The minimum atomic E-state index is -0.933. The summed E-state index contributed by atoms with van der Waals surface area (Å²) in [5, 5.41) is 5.53. The van der Waals surface area contributed by atoms with Gasteiger partial charge in [0, 0.05) is 31.1 Å². The maximum absolute atomic E-state index is 13.4. The van der Waals surface area contributed by atoms with Crippen molar-refractivity contribution < 1.29 is 19.2 Å². The lowest BCUT2D eigenvalue weighted by Crippen LogP contribution is -2.56. The van der Waals surface area contributed by atoms with Gasteiger partial charge in [-0.3, -0.25) is 24.1 Å². The largest absolute Gasteiger partial charge is 0.368 e. The van der Waals surface area contributed by atoms with Crippen LogP contribution in [0.5, 0.6) is 0 Å². The van der Waals surface area contributed by atoms with Gasteiger partial charge in [0.1, 0.15) is 12.1 Å². The molecule has 180 valence electrons. The van der Waals surface area contributed by atoms with Crippen molar-refractivity contribution in [2.75, 3.05) is 19.6 Å². The van der Waals surface area contributed by atoms with Gasteiger partial charge in [0.2, 0.25) is 23.6 Å². The Balaban J connectivity index is 1.74. The summed E-state index contributed by atoms with van der Waals surface area (Å²) in [5.74, 6) is -1.21. The predicted octanol–water partition coefficient (Wildman–Crippen LogP) is 0.0845. The molecule has 0 aromatic carbocycles. The summed E-state index contributed by atoms with van der Waals surface area (Å²) in [4.78, 5) is 54.4. The maximum atomic E-state index is 13.4. The summed E-state index contributed by atoms with van der Waals surface area (Å²) in [5.41, 5.74) is 5.53. The fourth-order valence-electron chi connectivity index (χ4n) is 5.71. The van der Waals surface area contributed by atoms with Crippen LogP contribution in [-0.4, -0.2) is 77.2 Å². The zero-order valence-corrected chi connectivity index (χ0v) is 20.2. The molecule has 3 fully saturated rings. The molecule has 3 aliphatic rings. The molecule has 9 nitrogen and oxygen atoms in total. The van der Waals surface area contributed by atoms with Crippen molar-refractivity contribution in [1.82, 2.24) is 20.4 Å². The summed E-state index contributed by atoms with van der Waals surface area (Å²) in [6, 6.07) is -1.15. The highest BCUT2D eigenvalue weighted by atomic mass is 16.2. The zero-order valence-electron chi connectivity index (χ0n) is 20.2. The van der Waals surface area contributed by atoms with Crippen LogP contribution in [0, 0.1) is 23.2 Å². The quantitative estimate of drug-likeness (QED) is 0.460. The van der Waals surface area contributed by atoms with Crippen LogP contribution in [0.15, 0.2) is 0 Å². The molecule has 1 aliphatic carbocycles. The topological polar surface area (TPSA) is 125 Å². The van der Waals surface area contributed by atoms with E-state index in [1.165, 1.54) is 0 Å². The van der Waals surface area contributed by atoms with Gasteiger partial charge >= 0.3 is 0 Å². The molecule has 2 saturated heterocycles. The second-order valence-electron chi connectivity index (χ2n) is 10.8. The second kappa shape index (κ2) is 9.00. The van der Waals surface area contributed by atoms with Crippen molar-refractivity contribution in [3.8, 4) is 0 Å². The molecular weight excluding hydrogens is 410 g/mol. The van der Waals surface area contributed by atoms with E-state index in [1.807, 2.05) is 0 Å². The number of nitrogens with one attached hydrogen (secondary N) is 2. The Labute approximate surface area is 190 Å². The SMILES string of the molecule is CC(C)N(CC(=O)N1C[C@H]2[C@@H]([C@H]1C(=O)NC(CC1CCNC1=O)C(N)=O)C2(C)C)C(C)C. The van der Waals surface area contributed by atoms with Gasteiger partial charge in [-0.1, -0.05) is 13.8 Å². The summed E-state index contributed by atoms with van der Waals surface area (Å²) >= 11 is 0. The zero-order chi connectivity index (χ0) is 24.0. The van der Waals surface area contributed by atoms with Crippen LogP contribution >= 0.6 is 0 Å². The number of rotatable bonds is 9. The fourth-order valence-corrected chi connectivity index (χ4v) is 5.71. The van der Waals surface area contributed by atoms with Crippen molar-refractivity contribution in [3.05, 3.63) is 0 Å². The van der Waals surface area contributed by atoms with E-state index in [9.17, 15) is 19.2 Å². The Bertz CT molecular complexity index is 772. The Morgan fingerprint density at radius 2 is 1.84 bits per heavy atom. The smallest absolute Gasteiger partial charge is 0.243 e. The molecule has 0 aromatic heterocycles. The third kappa shape index (κ3) is 4.63. The Morgan fingerprint density at radius 3 is 2.34 bits per heavy atom. The minimum absolute atomic E-state index is 0.0257. The first-order valence-electron chi connectivity index (χ1n) is 11.8. The first-order chi connectivity index (χ1) is 14.9. The Morgan fingerprint density at radius 1 is 1.22 bits per heavy atom. The van der Waals surface area contributed by atoms with Gasteiger partial charge in [-0.25, -0.2) is 0 Å². The van der Waals surface area contributed by atoms with E-state index in [0.29, 0.717) is 19.5 Å². The van der Waals surface area contributed by atoms with E-state index in [-0.39, 0.29) is 65.9 Å². The van der Waals surface area contributed by atoms with Crippen molar-refractivity contribution in [3.63, 3.8) is 0 Å². The molecule has 4 N–H and O–H groups in total. The minimum Gasteiger partial charge on any atom is -0.368 e. The third-order valence-electron chi connectivity index (χ3n) is 7.78. The molecule has 2 unspecified atom stereocenters. The van der Waals surface area contributed by atoms with Crippen molar-refractivity contribution in [1.29, 1.82) is 0 Å². The molecule has 0 aromatic rings. The molecule has 0 radical (unpaired) electrons. The van der Waals surface area contributed by atoms with Gasteiger partial charge in [-0.15, -0.1) is 0 Å². The molecule has 1 saturated carbocycles. The summed E-state index contributed by atoms with van der Waals surface area (Å²) in [6.45, 7) is 13.8. The molecule has 0 bridgehead atoms. The van der Waals surface area contributed by atoms with Crippen LogP contribution in [0.25, 0.3) is 0 Å². The molecular formula is C23H39N5O4. The number of nitrogens with zero attached hydrogens (tertiary/aromatic N) is 2. The number of piperidine rings is 1. The van der Waals surface area contributed by atoms with E-state index < -0.39 is 18.0 Å².